The van der Waals surface area contributed by atoms with Crippen LogP contribution in [0, 0.1) is 6.07 Å². The summed E-state index contributed by atoms with van der Waals surface area (Å²) in [6.07, 6.45) is 0.953. The second-order valence-corrected chi connectivity index (χ2v) is 2.42. The number of hydrogen-bond acceptors (Lipinski definition) is 2. The van der Waals surface area contributed by atoms with Crippen molar-refractivity contribution in [1.29, 1.82) is 0 Å². The average molecular weight is 253 g/mol. The van der Waals surface area contributed by atoms with Crippen LogP contribution >= 0.6 is 0 Å². The Morgan fingerprint density at radius 3 is 2.62 bits per heavy atom. The molecule has 1 aliphatic rings. The molecule has 0 atom stereocenters. The number of ether oxygens (including phenoxy) is 2. The van der Waals surface area contributed by atoms with Gasteiger partial charge < -0.3 is 26.5 Å². The minimum Gasteiger partial charge on any atom is -1.00 e. The zero-order chi connectivity index (χ0) is 7.52. The second kappa shape index (κ2) is 6.51. The van der Waals surface area contributed by atoms with Gasteiger partial charge >= 0.3 is 23.1 Å². The first-order valence-corrected chi connectivity index (χ1v) is 3.72. The molecule has 0 fully saturated rings. The Morgan fingerprint density at radius 2 is 1.85 bits per heavy atom. The summed E-state index contributed by atoms with van der Waals surface area (Å²) in [4.78, 5) is 0. The Morgan fingerprint density at radius 1 is 1.15 bits per heavy atom. The maximum atomic E-state index is 5.40. The van der Waals surface area contributed by atoms with Gasteiger partial charge in [-0.05, 0) is 0 Å². The molecular weight excluding hydrogens is 244 g/mol. The van der Waals surface area contributed by atoms with Crippen LogP contribution in [0.4, 0.5) is 0 Å². The fourth-order valence-corrected chi connectivity index (χ4v) is 1.06. The van der Waals surface area contributed by atoms with Crippen molar-refractivity contribution in [2.24, 2.45) is 0 Å². The van der Waals surface area contributed by atoms with Crippen molar-refractivity contribution in [3.05, 3.63) is 24.3 Å². The van der Waals surface area contributed by atoms with E-state index >= 15 is 0 Å². The average Bonchev–Trinajstić information content (AvgIpc) is 2.28. The number of benzene rings is 1. The van der Waals surface area contributed by atoms with Gasteiger partial charge in [0, 0.05) is 12.2 Å². The van der Waals surface area contributed by atoms with Gasteiger partial charge in [-0.1, -0.05) is 0 Å². The molecule has 0 N–H and O–H groups in total. The molecule has 0 spiro atoms. The molecule has 4 heteroatoms. The summed E-state index contributed by atoms with van der Waals surface area (Å²) in [6.45, 7) is 1.49. The summed E-state index contributed by atoms with van der Waals surface area (Å²) in [5.41, 5.74) is 0. The monoisotopic (exact) mass is 252 g/mol. The van der Waals surface area contributed by atoms with Crippen LogP contribution < -0.4 is 26.5 Å². The maximum Gasteiger partial charge on any atom is 2.00 e. The van der Waals surface area contributed by atoms with E-state index in [9.17, 15) is 0 Å². The van der Waals surface area contributed by atoms with Crippen molar-refractivity contribution in [3.63, 3.8) is 0 Å². The van der Waals surface area contributed by atoms with E-state index in [4.69, 9.17) is 9.47 Å². The maximum absolute atomic E-state index is 5.40. The van der Waals surface area contributed by atoms with Crippen molar-refractivity contribution in [2.45, 2.75) is 6.42 Å². The summed E-state index contributed by atoms with van der Waals surface area (Å²) in [5, 5.41) is 0. The Hall–Kier alpha value is 0.0662. The molecule has 0 aromatic heterocycles. The quantitative estimate of drug-likeness (QED) is 0.404. The van der Waals surface area contributed by atoms with E-state index in [2.05, 4.69) is 6.07 Å². The predicted molar refractivity (Wildman–Crippen MR) is 46.6 cm³/mol. The number of fused-ring (bicyclic) bond motifs is 1. The van der Waals surface area contributed by atoms with Crippen LogP contribution in [0.15, 0.2) is 18.2 Å². The van der Waals surface area contributed by atoms with Crippen LogP contribution in [-0.2, 0) is 0 Å². The van der Waals surface area contributed by atoms with Crippen molar-refractivity contribution < 1.29 is 26.5 Å². The van der Waals surface area contributed by atoms with E-state index in [1.165, 1.54) is 0 Å². The largest absolute Gasteiger partial charge is 2.00 e. The van der Waals surface area contributed by atoms with Gasteiger partial charge in [0.25, 0.3) is 0 Å². The summed E-state index contributed by atoms with van der Waals surface area (Å²) >= 11 is 0. The fourth-order valence-electron chi connectivity index (χ4n) is 1.06. The Kier molecular flexibility index (Phi) is 6.54. The molecule has 1 heterocycles. The first-order valence-electron chi connectivity index (χ1n) is 3.72. The van der Waals surface area contributed by atoms with Crippen LogP contribution in [-0.4, -0.2) is 36.3 Å². The smallest absolute Gasteiger partial charge is 1.00 e. The minimum absolute atomic E-state index is 0. The summed E-state index contributed by atoms with van der Waals surface area (Å²) in [5.74, 6) is 1.64. The summed E-state index contributed by atoms with van der Waals surface area (Å²) in [6, 6.07) is 8.45. The van der Waals surface area contributed by atoms with Crippen molar-refractivity contribution >= 4 is 23.1 Å². The molecule has 1 aliphatic heterocycles. The molecule has 0 radical (unpaired) electrons. The topological polar surface area (TPSA) is 18.5 Å². The Balaban J connectivity index is 0.000000720. The van der Waals surface area contributed by atoms with E-state index in [1.54, 1.807) is 6.07 Å². The molecule has 2 rings (SSSR count). The minimum atomic E-state index is 0. The second-order valence-electron chi connectivity index (χ2n) is 2.42. The third-order valence-electron chi connectivity index (χ3n) is 1.59. The zero-order valence-electron chi connectivity index (χ0n) is 7.25. The number of hydrogen-bond donors (Lipinski definition) is 0. The van der Waals surface area contributed by atoms with Crippen molar-refractivity contribution in [1.82, 2.24) is 0 Å². The van der Waals surface area contributed by atoms with Crippen LogP contribution in [0.5, 0.6) is 11.5 Å². The number of halogens is 1. The van der Waals surface area contributed by atoms with Gasteiger partial charge in [-0.2, -0.15) is 12.1 Å². The molecular formula is C9H9BrMgO2. The molecule has 0 aliphatic carbocycles. The molecule has 0 saturated carbocycles. The Labute approximate surface area is 105 Å². The molecule has 0 amide bonds. The van der Waals surface area contributed by atoms with Gasteiger partial charge in [0.2, 0.25) is 0 Å². The van der Waals surface area contributed by atoms with Crippen molar-refractivity contribution in [3.8, 4) is 11.5 Å². The van der Waals surface area contributed by atoms with Crippen LogP contribution in [0.1, 0.15) is 6.42 Å². The van der Waals surface area contributed by atoms with Gasteiger partial charge in [-0.15, -0.1) is 12.1 Å². The van der Waals surface area contributed by atoms with E-state index in [0.717, 1.165) is 31.1 Å². The molecule has 0 saturated heterocycles. The molecule has 0 unspecified atom stereocenters. The van der Waals surface area contributed by atoms with Gasteiger partial charge in [-0.25, -0.2) is 0 Å². The normalized spacial score (nSPS) is 13.2. The van der Waals surface area contributed by atoms with Crippen LogP contribution in [0.3, 0.4) is 0 Å². The molecule has 1 aromatic rings. The van der Waals surface area contributed by atoms with Gasteiger partial charge in [0.05, 0.1) is 19.0 Å². The first kappa shape index (κ1) is 13.1. The van der Waals surface area contributed by atoms with Crippen molar-refractivity contribution in [2.75, 3.05) is 13.2 Å². The van der Waals surface area contributed by atoms with E-state index < -0.39 is 0 Å². The van der Waals surface area contributed by atoms with Gasteiger partial charge in [0.15, 0.2) is 0 Å². The third kappa shape index (κ3) is 3.36. The molecule has 1 aromatic carbocycles. The Bertz CT molecular complexity index is 230. The van der Waals surface area contributed by atoms with E-state index in [-0.39, 0.29) is 40.0 Å². The SMILES string of the molecule is [Br-].[Mg+2].[c-]1ccc2c(c1)OCCCO2. The number of rotatable bonds is 0. The first-order chi connectivity index (χ1) is 5.47. The molecule has 13 heavy (non-hydrogen) atoms. The molecule has 0 bridgehead atoms. The van der Waals surface area contributed by atoms with Gasteiger partial charge in [0.1, 0.15) is 0 Å². The fraction of sp³-hybridized carbons (Fsp3) is 0.333. The molecule has 2 nitrogen and oxygen atoms in total. The van der Waals surface area contributed by atoms with Crippen LogP contribution in [0.25, 0.3) is 0 Å². The summed E-state index contributed by atoms with van der Waals surface area (Å²) < 4.78 is 10.8. The summed E-state index contributed by atoms with van der Waals surface area (Å²) in [7, 11) is 0. The molecule has 66 valence electrons. The standard InChI is InChI=1S/C9H9O2.BrH.Mg/c1-2-5-9-8(4-1)10-6-3-7-11-9;;/h1,4-5H,3,6-7H2;1H;/q-1;;+2/p-1. The third-order valence-corrected chi connectivity index (χ3v) is 1.59. The van der Waals surface area contributed by atoms with E-state index in [0.29, 0.717) is 0 Å². The van der Waals surface area contributed by atoms with E-state index in [1.807, 2.05) is 12.1 Å². The van der Waals surface area contributed by atoms with Gasteiger partial charge in [-0.3, -0.25) is 0 Å². The van der Waals surface area contributed by atoms with Crippen LogP contribution in [0.2, 0.25) is 0 Å². The predicted octanol–water partition coefficient (Wildman–Crippen LogP) is -1.73. The zero-order valence-corrected chi connectivity index (χ0v) is 10.3.